The van der Waals surface area contributed by atoms with Gasteiger partial charge in [-0.3, -0.25) is 9.69 Å². The van der Waals surface area contributed by atoms with Crippen molar-refractivity contribution in [3.8, 4) is 0 Å². The van der Waals surface area contributed by atoms with E-state index < -0.39 is 5.97 Å². The lowest BCUT2D eigenvalue weighted by molar-refractivity contribution is -0.142. The molecule has 2 N–H and O–H groups in total. The molecule has 4 heteroatoms. The minimum absolute atomic E-state index is 0.258. The molecule has 1 fully saturated rings. The fourth-order valence-corrected chi connectivity index (χ4v) is 2.17. The highest BCUT2D eigenvalue weighted by atomic mass is 16.4. The monoisotopic (exact) mass is 228 g/mol. The summed E-state index contributed by atoms with van der Waals surface area (Å²) >= 11 is 0. The van der Waals surface area contributed by atoms with Gasteiger partial charge in [-0.1, -0.05) is 19.8 Å². The van der Waals surface area contributed by atoms with Crippen LogP contribution in [0.2, 0.25) is 0 Å². The fourth-order valence-electron chi connectivity index (χ4n) is 2.17. The largest absolute Gasteiger partial charge is 0.481 e. The van der Waals surface area contributed by atoms with Gasteiger partial charge in [-0.15, -0.1) is 0 Å². The van der Waals surface area contributed by atoms with Gasteiger partial charge in [-0.05, 0) is 19.9 Å². The fraction of sp³-hybridized carbons (Fsp3) is 0.917. The van der Waals surface area contributed by atoms with Crippen LogP contribution in [0.25, 0.3) is 0 Å². The maximum Gasteiger partial charge on any atom is 0.309 e. The third kappa shape index (κ3) is 4.10. The van der Waals surface area contributed by atoms with Gasteiger partial charge >= 0.3 is 5.97 Å². The Morgan fingerprint density at radius 2 is 2.19 bits per heavy atom. The summed E-state index contributed by atoms with van der Waals surface area (Å²) in [5, 5.41) is 12.3. The van der Waals surface area contributed by atoms with E-state index in [1.807, 2.05) is 0 Å². The second kappa shape index (κ2) is 6.86. The molecular formula is C12H24N2O2. The molecule has 4 nitrogen and oxygen atoms in total. The number of hydrogen-bond donors (Lipinski definition) is 2. The Bertz CT molecular complexity index is 221. The molecule has 0 aromatic rings. The molecule has 0 aromatic carbocycles. The Labute approximate surface area is 98.0 Å². The molecule has 16 heavy (non-hydrogen) atoms. The molecule has 0 spiro atoms. The molecular weight excluding hydrogens is 204 g/mol. The highest BCUT2D eigenvalue weighted by molar-refractivity contribution is 5.70. The minimum atomic E-state index is -0.679. The van der Waals surface area contributed by atoms with Crippen molar-refractivity contribution in [2.24, 2.45) is 5.92 Å². The van der Waals surface area contributed by atoms with Crippen LogP contribution in [-0.4, -0.2) is 48.2 Å². The zero-order chi connectivity index (χ0) is 12.0. The van der Waals surface area contributed by atoms with E-state index in [0.29, 0.717) is 19.1 Å². The molecule has 0 radical (unpaired) electrons. The molecule has 94 valence electrons. The average Bonchev–Trinajstić information content (AvgIpc) is 2.42. The van der Waals surface area contributed by atoms with Gasteiger partial charge < -0.3 is 10.4 Å². The number of nitrogens with one attached hydrogen (secondary N) is 1. The van der Waals surface area contributed by atoms with Gasteiger partial charge in [-0.25, -0.2) is 0 Å². The maximum atomic E-state index is 11.0. The third-order valence-electron chi connectivity index (χ3n) is 3.31. The van der Waals surface area contributed by atoms with Gasteiger partial charge in [0.05, 0.1) is 5.92 Å². The number of hydrogen-bond acceptors (Lipinski definition) is 3. The first-order chi connectivity index (χ1) is 7.65. The molecule has 0 bridgehead atoms. The van der Waals surface area contributed by atoms with Crippen molar-refractivity contribution in [1.29, 1.82) is 0 Å². The Morgan fingerprint density at radius 1 is 1.44 bits per heavy atom. The van der Waals surface area contributed by atoms with Crippen molar-refractivity contribution in [1.82, 2.24) is 10.2 Å². The lowest BCUT2D eigenvalue weighted by Crippen LogP contribution is -2.39. The molecule has 2 unspecified atom stereocenters. The molecule has 0 saturated carbocycles. The van der Waals surface area contributed by atoms with Crippen LogP contribution in [-0.2, 0) is 4.79 Å². The van der Waals surface area contributed by atoms with Crippen molar-refractivity contribution in [3.05, 3.63) is 0 Å². The summed E-state index contributed by atoms with van der Waals surface area (Å²) in [6, 6.07) is 0.446. The summed E-state index contributed by atoms with van der Waals surface area (Å²) in [7, 11) is 0. The SMILES string of the molecule is CCCCCN1CC(C(=O)O)CNCC1C. The molecule has 1 heterocycles. The van der Waals surface area contributed by atoms with Crippen LogP contribution >= 0.6 is 0 Å². The van der Waals surface area contributed by atoms with Crippen molar-refractivity contribution >= 4 is 5.97 Å². The van der Waals surface area contributed by atoms with Crippen LogP contribution in [0.1, 0.15) is 33.1 Å². The number of aliphatic carboxylic acids is 1. The van der Waals surface area contributed by atoms with E-state index in [0.717, 1.165) is 13.1 Å². The molecule has 0 aliphatic carbocycles. The third-order valence-corrected chi connectivity index (χ3v) is 3.31. The number of carboxylic acid groups (broad SMARTS) is 1. The second-order valence-corrected chi connectivity index (χ2v) is 4.74. The van der Waals surface area contributed by atoms with Gasteiger partial charge in [0.1, 0.15) is 0 Å². The summed E-state index contributed by atoms with van der Waals surface area (Å²) in [6.45, 7) is 7.57. The second-order valence-electron chi connectivity index (χ2n) is 4.74. The minimum Gasteiger partial charge on any atom is -0.481 e. The Balaban J connectivity index is 2.46. The number of unbranched alkanes of at least 4 members (excludes halogenated alkanes) is 2. The molecule has 1 rings (SSSR count). The van der Waals surface area contributed by atoms with E-state index in [1.165, 1.54) is 19.3 Å². The van der Waals surface area contributed by atoms with Crippen LogP contribution in [0.5, 0.6) is 0 Å². The van der Waals surface area contributed by atoms with Gasteiger partial charge in [0, 0.05) is 25.7 Å². The highest BCUT2D eigenvalue weighted by Gasteiger charge is 2.26. The van der Waals surface area contributed by atoms with Crippen LogP contribution in [0.3, 0.4) is 0 Å². The predicted octanol–water partition coefficient (Wildman–Crippen LogP) is 1.17. The predicted molar refractivity (Wildman–Crippen MR) is 64.6 cm³/mol. The van der Waals surface area contributed by atoms with Gasteiger partial charge in [-0.2, -0.15) is 0 Å². The van der Waals surface area contributed by atoms with E-state index in [1.54, 1.807) is 0 Å². The van der Waals surface area contributed by atoms with Gasteiger partial charge in [0.2, 0.25) is 0 Å². The first kappa shape index (κ1) is 13.5. The van der Waals surface area contributed by atoms with Crippen molar-refractivity contribution < 1.29 is 9.90 Å². The summed E-state index contributed by atoms with van der Waals surface area (Å²) in [5.41, 5.74) is 0. The van der Waals surface area contributed by atoms with Crippen LogP contribution < -0.4 is 5.32 Å². The van der Waals surface area contributed by atoms with E-state index in [2.05, 4.69) is 24.1 Å². The van der Waals surface area contributed by atoms with Crippen molar-refractivity contribution in [3.63, 3.8) is 0 Å². The summed E-state index contributed by atoms with van der Waals surface area (Å²) in [5.74, 6) is -0.936. The van der Waals surface area contributed by atoms with E-state index in [9.17, 15) is 4.79 Å². The molecule has 0 amide bonds. The molecule has 2 atom stereocenters. The molecule has 1 aliphatic rings. The average molecular weight is 228 g/mol. The van der Waals surface area contributed by atoms with Gasteiger partial charge in [0.15, 0.2) is 0 Å². The Hall–Kier alpha value is -0.610. The van der Waals surface area contributed by atoms with Crippen molar-refractivity contribution in [2.45, 2.75) is 39.2 Å². The summed E-state index contributed by atoms with van der Waals surface area (Å²) in [4.78, 5) is 13.3. The zero-order valence-corrected chi connectivity index (χ0v) is 10.4. The van der Waals surface area contributed by atoms with E-state index in [4.69, 9.17) is 5.11 Å². The number of rotatable bonds is 5. The smallest absolute Gasteiger partial charge is 0.309 e. The number of carboxylic acids is 1. The zero-order valence-electron chi connectivity index (χ0n) is 10.4. The van der Waals surface area contributed by atoms with Gasteiger partial charge in [0.25, 0.3) is 0 Å². The van der Waals surface area contributed by atoms with E-state index in [-0.39, 0.29) is 5.92 Å². The summed E-state index contributed by atoms with van der Waals surface area (Å²) in [6.07, 6.45) is 3.62. The van der Waals surface area contributed by atoms with Crippen LogP contribution in [0, 0.1) is 5.92 Å². The molecule has 1 aliphatic heterocycles. The van der Waals surface area contributed by atoms with Crippen LogP contribution in [0.15, 0.2) is 0 Å². The quantitative estimate of drug-likeness (QED) is 0.694. The van der Waals surface area contributed by atoms with E-state index >= 15 is 0 Å². The first-order valence-corrected chi connectivity index (χ1v) is 6.32. The normalized spacial score (nSPS) is 27.6. The highest BCUT2D eigenvalue weighted by Crippen LogP contribution is 2.11. The number of nitrogens with zero attached hydrogens (tertiary/aromatic N) is 1. The van der Waals surface area contributed by atoms with Crippen molar-refractivity contribution in [2.75, 3.05) is 26.2 Å². The lowest BCUT2D eigenvalue weighted by Gasteiger charge is -2.27. The Kier molecular flexibility index (Phi) is 5.77. The standard InChI is InChI=1S/C12H24N2O2/c1-3-4-5-6-14-9-11(12(15)16)8-13-7-10(14)2/h10-11,13H,3-9H2,1-2H3,(H,15,16). The molecule has 0 aromatic heterocycles. The topological polar surface area (TPSA) is 52.6 Å². The molecule has 1 saturated heterocycles. The Morgan fingerprint density at radius 3 is 2.81 bits per heavy atom. The maximum absolute atomic E-state index is 11.0. The summed E-state index contributed by atoms with van der Waals surface area (Å²) < 4.78 is 0. The number of carbonyl (C=O) groups is 1. The van der Waals surface area contributed by atoms with Crippen LogP contribution in [0.4, 0.5) is 0 Å². The lowest BCUT2D eigenvalue weighted by atomic mass is 10.1. The first-order valence-electron chi connectivity index (χ1n) is 6.32.